The highest BCUT2D eigenvalue weighted by Gasteiger charge is 2.25. The minimum atomic E-state index is -3.95. The van der Waals surface area contributed by atoms with E-state index in [2.05, 4.69) is 6.92 Å². The summed E-state index contributed by atoms with van der Waals surface area (Å²) in [5.74, 6) is -0.663. The molecule has 1 aromatic rings. The van der Waals surface area contributed by atoms with Gasteiger partial charge in [-0.05, 0) is 37.0 Å². The molecule has 1 atom stereocenters. The molecule has 0 radical (unpaired) electrons. The van der Waals surface area contributed by atoms with Gasteiger partial charge in [0.2, 0.25) is 10.0 Å². The van der Waals surface area contributed by atoms with Crippen molar-refractivity contribution in [2.45, 2.75) is 25.2 Å². The molecule has 3 N–H and O–H groups in total. The fourth-order valence-electron chi connectivity index (χ4n) is 2.57. The highest BCUT2D eigenvalue weighted by molar-refractivity contribution is 7.89. The second kappa shape index (κ2) is 5.06. The Hall–Kier alpha value is -1.60. The molecule has 0 aliphatic carbocycles. The first-order valence-electron chi connectivity index (χ1n) is 6.36. The minimum absolute atomic E-state index is 0.0609. The number of anilines is 1. The van der Waals surface area contributed by atoms with Crippen LogP contribution < -0.4 is 10.0 Å². The first kappa shape index (κ1) is 14.8. The average Bonchev–Trinajstić information content (AvgIpc) is 2.74. The van der Waals surface area contributed by atoms with E-state index in [1.54, 1.807) is 6.92 Å². The third-order valence-electron chi connectivity index (χ3n) is 3.65. The summed E-state index contributed by atoms with van der Waals surface area (Å²) in [6.45, 7) is 5.34. The van der Waals surface area contributed by atoms with E-state index in [0.29, 0.717) is 17.2 Å². The zero-order chi connectivity index (χ0) is 15.1. The zero-order valence-corrected chi connectivity index (χ0v) is 12.3. The molecule has 0 saturated carbocycles. The van der Waals surface area contributed by atoms with Crippen molar-refractivity contribution < 1.29 is 18.3 Å². The van der Waals surface area contributed by atoms with E-state index >= 15 is 0 Å². The molecule has 6 nitrogen and oxygen atoms in total. The minimum Gasteiger partial charge on any atom is -0.478 e. The molecule has 7 heteroatoms. The van der Waals surface area contributed by atoms with Crippen molar-refractivity contribution in [3.63, 3.8) is 0 Å². The SMILES string of the molecule is Cc1c(N2CCC(C)C2)cc(C(=O)O)cc1S(N)(=O)=O. The number of carboxylic acid groups (broad SMARTS) is 1. The van der Waals surface area contributed by atoms with Crippen LogP contribution in [0.1, 0.15) is 29.3 Å². The molecule has 110 valence electrons. The first-order chi connectivity index (χ1) is 9.20. The molecule has 0 aromatic heterocycles. The molecule has 1 fully saturated rings. The van der Waals surface area contributed by atoms with E-state index in [1.165, 1.54) is 6.07 Å². The van der Waals surface area contributed by atoms with E-state index in [1.807, 2.05) is 4.90 Å². The van der Waals surface area contributed by atoms with Crippen molar-refractivity contribution in [3.8, 4) is 0 Å². The molecule has 1 aromatic carbocycles. The van der Waals surface area contributed by atoms with Crippen molar-refractivity contribution in [1.82, 2.24) is 0 Å². The van der Waals surface area contributed by atoms with E-state index in [9.17, 15) is 13.2 Å². The number of carbonyl (C=O) groups is 1. The lowest BCUT2D eigenvalue weighted by molar-refractivity contribution is 0.0696. The largest absolute Gasteiger partial charge is 0.478 e. The van der Waals surface area contributed by atoms with Gasteiger partial charge >= 0.3 is 5.97 Å². The van der Waals surface area contributed by atoms with Gasteiger partial charge in [-0.25, -0.2) is 18.4 Å². The predicted molar refractivity (Wildman–Crippen MR) is 75.5 cm³/mol. The molecule has 1 heterocycles. The molecule has 0 bridgehead atoms. The van der Waals surface area contributed by atoms with Crippen molar-refractivity contribution in [3.05, 3.63) is 23.3 Å². The number of hydrogen-bond donors (Lipinski definition) is 2. The van der Waals surface area contributed by atoms with Crippen LogP contribution in [-0.4, -0.2) is 32.6 Å². The molecular weight excluding hydrogens is 280 g/mol. The standard InChI is InChI=1S/C13H18N2O4S/c1-8-3-4-15(7-8)11-5-10(13(16)17)6-12(9(11)2)20(14,18)19/h5-6,8H,3-4,7H2,1-2H3,(H,16,17)(H2,14,18,19). The van der Waals surface area contributed by atoms with E-state index in [-0.39, 0.29) is 10.5 Å². The van der Waals surface area contributed by atoms with E-state index in [0.717, 1.165) is 25.6 Å². The quantitative estimate of drug-likeness (QED) is 0.873. The summed E-state index contributed by atoms with van der Waals surface area (Å²) in [6, 6.07) is 2.64. The lowest BCUT2D eigenvalue weighted by atomic mass is 10.1. The zero-order valence-electron chi connectivity index (χ0n) is 11.5. The smallest absolute Gasteiger partial charge is 0.335 e. The highest BCUT2D eigenvalue weighted by Crippen LogP contribution is 2.31. The molecule has 20 heavy (non-hydrogen) atoms. The predicted octanol–water partition coefficient (Wildman–Crippen LogP) is 1.19. The van der Waals surface area contributed by atoms with E-state index in [4.69, 9.17) is 10.2 Å². The number of sulfonamides is 1. The average molecular weight is 298 g/mol. The van der Waals surface area contributed by atoms with Gasteiger partial charge in [0, 0.05) is 18.8 Å². The summed E-state index contributed by atoms with van der Waals surface area (Å²) in [5.41, 5.74) is 1.08. The van der Waals surface area contributed by atoms with Gasteiger partial charge in [-0.3, -0.25) is 0 Å². The molecule has 1 saturated heterocycles. The maximum absolute atomic E-state index is 11.6. The van der Waals surface area contributed by atoms with Gasteiger partial charge in [0.05, 0.1) is 10.5 Å². The molecular formula is C13H18N2O4S. The second-order valence-corrected chi connectivity index (χ2v) is 6.84. The Morgan fingerprint density at radius 2 is 2.10 bits per heavy atom. The number of aromatic carboxylic acids is 1. The lowest BCUT2D eigenvalue weighted by Gasteiger charge is -2.22. The molecule has 2 rings (SSSR count). The molecule has 0 amide bonds. The Morgan fingerprint density at radius 3 is 2.55 bits per heavy atom. The number of hydrogen-bond acceptors (Lipinski definition) is 4. The summed E-state index contributed by atoms with van der Waals surface area (Å²) in [7, 11) is -3.95. The van der Waals surface area contributed by atoms with Crippen molar-refractivity contribution >= 4 is 21.7 Å². The fourth-order valence-corrected chi connectivity index (χ4v) is 3.40. The van der Waals surface area contributed by atoms with Crippen LogP contribution in [0.3, 0.4) is 0 Å². The van der Waals surface area contributed by atoms with Crippen LogP contribution in [-0.2, 0) is 10.0 Å². The number of nitrogens with zero attached hydrogens (tertiary/aromatic N) is 1. The van der Waals surface area contributed by atoms with Gasteiger partial charge in [0.15, 0.2) is 0 Å². The molecule has 0 spiro atoms. The second-order valence-electron chi connectivity index (χ2n) is 5.31. The highest BCUT2D eigenvalue weighted by atomic mass is 32.2. The van der Waals surface area contributed by atoms with Gasteiger partial charge in [0.1, 0.15) is 0 Å². The monoisotopic (exact) mass is 298 g/mol. The topological polar surface area (TPSA) is 101 Å². The Balaban J connectivity index is 2.61. The number of carboxylic acids is 1. The number of primary sulfonamides is 1. The van der Waals surface area contributed by atoms with Crippen LogP contribution in [0, 0.1) is 12.8 Å². The maximum atomic E-state index is 11.6. The van der Waals surface area contributed by atoms with Crippen molar-refractivity contribution in [1.29, 1.82) is 0 Å². The van der Waals surface area contributed by atoms with Gasteiger partial charge in [-0.15, -0.1) is 0 Å². The molecule has 1 aliphatic rings. The molecule has 1 aliphatic heterocycles. The van der Waals surface area contributed by atoms with Crippen molar-refractivity contribution in [2.75, 3.05) is 18.0 Å². The Bertz CT molecular complexity index is 655. The van der Waals surface area contributed by atoms with Gasteiger partial charge in [-0.2, -0.15) is 0 Å². The molecule has 1 unspecified atom stereocenters. The van der Waals surface area contributed by atoms with Gasteiger partial charge in [0.25, 0.3) is 0 Å². The Labute approximate surface area is 118 Å². The third kappa shape index (κ3) is 2.78. The van der Waals surface area contributed by atoms with Crippen molar-refractivity contribution in [2.24, 2.45) is 11.1 Å². The normalized spacial score (nSPS) is 19.4. The van der Waals surface area contributed by atoms with Crippen LogP contribution in [0.4, 0.5) is 5.69 Å². The first-order valence-corrected chi connectivity index (χ1v) is 7.90. The summed E-state index contributed by atoms with van der Waals surface area (Å²) in [4.78, 5) is 13.1. The van der Waals surface area contributed by atoms with Gasteiger partial charge < -0.3 is 10.0 Å². The van der Waals surface area contributed by atoms with Crippen LogP contribution in [0.2, 0.25) is 0 Å². The summed E-state index contributed by atoms with van der Waals surface area (Å²) >= 11 is 0. The number of nitrogens with two attached hydrogens (primary N) is 1. The summed E-state index contributed by atoms with van der Waals surface area (Å²) in [6.07, 6.45) is 1.00. The third-order valence-corrected chi connectivity index (χ3v) is 4.69. The maximum Gasteiger partial charge on any atom is 0.335 e. The van der Waals surface area contributed by atoms with Crippen LogP contribution in [0.25, 0.3) is 0 Å². The fraction of sp³-hybridized carbons (Fsp3) is 0.462. The number of benzene rings is 1. The number of rotatable bonds is 3. The van der Waals surface area contributed by atoms with Crippen LogP contribution >= 0.6 is 0 Å². The van der Waals surface area contributed by atoms with Crippen LogP contribution in [0.15, 0.2) is 17.0 Å². The summed E-state index contributed by atoms with van der Waals surface area (Å²) in [5, 5.41) is 14.3. The van der Waals surface area contributed by atoms with Crippen LogP contribution in [0.5, 0.6) is 0 Å². The summed E-state index contributed by atoms with van der Waals surface area (Å²) < 4.78 is 23.3. The lowest BCUT2D eigenvalue weighted by Crippen LogP contribution is -2.23. The van der Waals surface area contributed by atoms with E-state index < -0.39 is 16.0 Å². The van der Waals surface area contributed by atoms with Gasteiger partial charge in [-0.1, -0.05) is 6.92 Å². The Kier molecular flexibility index (Phi) is 3.75. The Morgan fingerprint density at radius 1 is 1.45 bits per heavy atom.